The third-order valence-electron chi connectivity index (χ3n) is 5.80. The second kappa shape index (κ2) is 14.0. The molecule has 1 aliphatic carbocycles. The normalized spacial score (nSPS) is 23.6. The molecular weight excluding hydrogens is 404 g/mol. The molecule has 0 bridgehead atoms. The monoisotopic (exact) mass is 442 g/mol. The van der Waals surface area contributed by atoms with E-state index in [1.54, 1.807) is 0 Å². The Morgan fingerprint density at radius 2 is 1.42 bits per heavy atom. The molecule has 8 nitrogen and oxygen atoms in total. The van der Waals surface area contributed by atoms with Gasteiger partial charge in [-0.25, -0.2) is 0 Å². The van der Waals surface area contributed by atoms with Crippen LogP contribution >= 0.6 is 0 Å². The zero-order valence-electron chi connectivity index (χ0n) is 19.5. The molecule has 1 rings (SSSR count). The summed E-state index contributed by atoms with van der Waals surface area (Å²) < 4.78 is 21.3. The van der Waals surface area contributed by atoms with Crippen molar-refractivity contribution in [3.63, 3.8) is 0 Å². The van der Waals surface area contributed by atoms with Gasteiger partial charge in [0.2, 0.25) is 0 Å². The fourth-order valence-electron chi connectivity index (χ4n) is 4.51. The van der Waals surface area contributed by atoms with Gasteiger partial charge in [-0.05, 0) is 32.1 Å². The molecule has 0 radical (unpaired) electrons. The summed E-state index contributed by atoms with van der Waals surface area (Å²) in [7, 11) is 1.33. The maximum absolute atomic E-state index is 11.7. The largest absolute Gasteiger partial charge is 0.469 e. The molecule has 31 heavy (non-hydrogen) atoms. The Morgan fingerprint density at radius 3 is 1.90 bits per heavy atom. The first kappa shape index (κ1) is 26.9. The van der Waals surface area contributed by atoms with Gasteiger partial charge >= 0.3 is 23.9 Å². The number of hydrogen-bond acceptors (Lipinski definition) is 8. The standard InChI is InChI=1S/C23H38O8/c1-6-7-8-9-18(29-15(2)24)10-11-19-20(12-13-23(27)28-5)22(31-17(4)26)14-21(19)30-16(3)25/h18-22H,6-14H2,1-5H3. The van der Waals surface area contributed by atoms with Crippen LogP contribution in [0.2, 0.25) is 0 Å². The second-order valence-corrected chi connectivity index (χ2v) is 8.28. The zero-order chi connectivity index (χ0) is 23.4. The molecule has 5 unspecified atom stereocenters. The average Bonchev–Trinajstić information content (AvgIpc) is 2.98. The van der Waals surface area contributed by atoms with Gasteiger partial charge in [-0.1, -0.05) is 19.8 Å². The SMILES string of the molecule is CCCCCC(CCC1C(OC(C)=O)CC(OC(C)=O)C1CCC(=O)OC)OC(C)=O. The number of esters is 4. The topological polar surface area (TPSA) is 105 Å². The van der Waals surface area contributed by atoms with E-state index in [0.29, 0.717) is 25.7 Å². The molecule has 1 aliphatic rings. The number of hydrogen-bond donors (Lipinski definition) is 0. The Hall–Kier alpha value is -2.12. The van der Waals surface area contributed by atoms with Crippen molar-refractivity contribution in [2.75, 3.05) is 7.11 Å². The van der Waals surface area contributed by atoms with Gasteiger partial charge in [-0.3, -0.25) is 19.2 Å². The lowest BCUT2D eigenvalue weighted by atomic mass is 9.85. The van der Waals surface area contributed by atoms with Gasteiger partial charge in [0.1, 0.15) is 18.3 Å². The smallest absolute Gasteiger partial charge is 0.305 e. The Bertz CT molecular complexity index is 602. The zero-order valence-corrected chi connectivity index (χ0v) is 19.5. The van der Waals surface area contributed by atoms with Gasteiger partial charge < -0.3 is 18.9 Å². The van der Waals surface area contributed by atoms with Gasteiger partial charge in [0, 0.05) is 45.4 Å². The first-order valence-electron chi connectivity index (χ1n) is 11.3. The van der Waals surface area contributed by atoms with Crippen molar-refractivity contribution in [1.82, 2.24) is 0 Å². The molecule has 0 aromatic rings. The van der Waals surface area contributed by atoms with Crippen molar-refractivity contribution in [3.8, 4) is 0 Å². The summed E-state index contributed by atoms with van der Waals surface area (Å²) in [6.45, 7) is 6.21. The third kappa shape index (κ3) is 10.2. The third-order valence-corrected chi connectivity index (χ3v) is 5.80. The molecule has 0 aliphatic heterocycles. The maximum Gasteiger partial charge on any atom is 0.305 e. The van der Waals surface area contributed by atoms with E-state index in [0.717, 1.165) is 25.7 Å². The maximum atomic E-state index is 11.7. The summed E-state index contributed by atoms with van der Waals surface area (Å²) in [4.78, 5) is 46.6. The van der Waals surface area contributed by atoms with E-state index in [1.165, 1.54) is 27.9 Å². The lowest BCUT2D eigenvalue weighted by Crippen LogP contribution is -2.29. The van der Waals surface area contributed by atoms with E-state index in [2.05, 4.69) is 6.92 Å². The predicted octanol–water partition coefficient (Wildman–Crippen LogP) is 3.73. The molecule has 0 aromatic carbocycles. The van der Waals surface area contributed by atoms with Crippen molar-refractivity contribution in [1.29, 1.82) is 0 Å². The Labute approximate surface area is 185 Å². The molecule has 0 saturated heterocycles. The highest BCUT2D eigenvalue weighted by molar-refractivity contribution is 5.69. The van der Waals surface area contributed by atoms with Crippen LogP contribution in [0.15, 0.2) is 0 Å². The highest BCUT2D eigenvalue weighted by Gasteiger charge is 2.46. The van der Waals surface area contributed by atoms with Crippen molar-refractivity contribution in [2.45, 2.75) is 104 Å². The second-order valence-electron chi connectivity index (χ2n) is 8.28. The molecule has 0 aromatic heterocycles. The summed E-state index contributed by atoms with van der Waals surface area (Å²) >= 11 is 0. The van der Waals surface area contributed by atoms with E-state index >= 15 is 0 Å². The van der Waals surface area contributed by atoms with E-state index in [1.807, 2.05) is 0 Å². The molecule has 0 spiro atoms. The number of methoxy groups -OCH3 is 1. The fraction of sp³-hybridized carbons (Fsp3) is 0.826. The van der Waals surface area contributed by atoms with Crippen LogP contribution in [0.3, 0.4) is 0 Å². The van der Waals surface area contributed by atoms with Crippen LogP contribution in [0.25, 0.3) is 0 Å². The van der Waals surface area contributed by atoms with Gasteiger partial charge in [-0.15, -0.1) is 0 Å². The van der Waals surface area contributed by atoms with E-state index in [-0.39, 0.29) is 36.3 Å². The molecule has 178 valence electrons. The molecule has 0 amide bonds. The molecule has 8 heteroatoms. The van der Waals surface area contributed by atoms with Crippen LogP contribution in [-0.4, -0.2) is 49.3 Å². The molecule has 1 saturated carbocycles. The molecule has 1 fully saturated rings. The first-order chi connectivity index (χ1) is 14.7. The Kier molecular flexibility index (Phi) is 12.2. The van der Waals surface area contributed by atoms with Gasteiger partial charge in [-0.2, -0.15) is 0 Å². The van der Waals surface area contributed by atoms with Crippen LogP contribution < -0.4 is 0 Å². The van der Waals surface area contributed by atoms with Crippen LogP contribution in [0.1, 0.15) is 85.5 Å². The van der Waals surface area contributed by atoms with Crippen LogP contribution in [0.4, 0.5) is 0 Å². The lowest BCUT2D eigenvalue weighted by molar-refractivity contribution is -0.150. The number of unbranched alkanes of at least 4 members (excludes halogenated alkanes) is 2. The minimum atomic E-state index is -0.441. The fourth-order valence-corrected chi connectivity index (χ4v) is 4.51. The summed E-state index contributed by atoms with van der Waals surface area (Å²) in [6.07, 6.45) is 5.10. The number of rotatable bonds is 13. The van der Waals surface area contributed by atoms with Gasteiger partial charge in [0.25, 0.3) is 0 Å². The summed E-state index contributed by atoms with van der Waals surface area (Å²) in [5, 5.41) is 0. The average molecular weight is 443 g/mol. The number of ether oxygens (including phenoxy) is 4. The number of carbonyl (C=O) groups is 4. The Balaban J connectivity index is 2.97. The van der Waals surface area contributed by atoms with Crippen LogP contribution in [-0.2, 0) is 38.1 Å². The van der Waals surface area contributed by atoms with Crippen molar-refractivity contribution in [2.24, 2.45) is 11.8 Å². The minimum Gasteiger partial charge on any atom is -0.469 e. The van der Waals surface area contributed by atoms with E-state index in [9.17, 15) is 19.2 Å². The van der Waals surface area contributed by atoms with Gasteiger partial charge in [0.15, 0.2) is 0 Å². The first-order valence-corrected chi connectivity index (χ1v) is 11.3. The molecule has 0 heterocycles. The van der Waals surface area contributed by atoms with Gasteiger partial charge in [0.05, 0.1) is 7.11 Å². The van der Waals surface area contributed by atoms with Crippen molar-refractivity contribution in [3.05, 3.63) is 0 Å². The summed E-state index contributed by atoms with van der Waals surface area (Å²) in [5.41, 5.74) is 0. The quantitative estimate of drug-likeness (QED) is 0.241. The molecular formula is C23H38O8. The van der Waals surface area contributed by atoms with Crippen LogP contribution in [0.5, 0.6) is 0 Å². The summed E-state index contributed by atoms with van der Waals surface area (Å²) in [5.74, 6) is -1.72. The molecule has 0 N–H and O–H groups in total. The highest BCUT2D eigenvalue weighted by atomic mass is 16.6. The minimum absolute atomic E-state index is 0.109. The lowest BCUT2D eigenvalue weighted by Gasteiger charge is -2.27. The molecule has 5 atom stereocenters. The van der Waals surface area contributed by atoms with E-state index < -0.39 is 24.1 Å². The van der Waals surface area contributed by atoms with Crippen molar-refractivity contribution >= 4 is 23.9 Å². The summed E-state index contributed by atoms with van der Waals surface area (Å²) in [6, 6.07) is 0. The highest BCUT2D eigenvalue weighted by Crippen LogP contribution is 2.42. The predicted molar refractivity (Wildman–Crippen MR) is 113 cm³/mol. The van der Waals surface area contributed by atoms with Crippen LogP contribution in [0, 0.1) is 11.8 Å². The Morgan fingerprint density at radius 1 is 0.839 bits per heavy atom. The number of carbonyl (C=O) groups excluding carboxylic acids is 4. The van der Waals surface area contributed by atoms with Crippen molar-refractivity contribution < 1.29 is 38.1 Å². The van der Waals surface area contributed by atoms with E-state index in [4.69, 9.17) is 18.9 Å².